The van der Waals surface area contributed by atoms with Crippen molar-refractivity contribution in [3.63, 3.8) is 0 Å². The highest BCUT2D eigenvalue weighted by Crippen LogP contribution is 2.32. The zero-order chi connectivity index (χ0) is 17.1. The second-order valence-electron chi connectivity index (χ2n) is 6.51. The molecule has 1 aliphatic heterocycles. The summed E-state index contributed by atoms with van der Waals surface area (Å²) < 4.78 is 0. The van der Waals surface area contributed by atoms with Crippen molar-refractivity contribution in [2.45, 2.75) is 26.7 Å². The predicted molar refractivity (Wildman–Crippen MR) is 104 cm³/mol. The number of hydrogen-bond acceptors (Lipinski definition) is 2. The molecule has 1 aromatic carbocycles. The molecule has 3 nitrogen and oxygen atoms in total. The molecular weight excluding hydrogens is 292 g/mol. The highest BCUT2D eigenvalue weighted by atomic mass is 15.1. The lowest BCUT2D eigenvalue weighted by Crippen LogP contribution is -2.36. The molecule has 1 heterocycles. The molecule has 2 unspecified atom stereocenters. The van der Waals surface area contributed by atoms with Crippen LogP contribution < -0.4 is 16.2 Å². The van der Waals surface area contributed by atoms with Gasteiger partial charge in [-0.3, -0.25) is 4.99 Å². The van der Waals surface area contributed by atoms with Gasteiger partial charge in [-0.05, 0) is 37.3 Å². The summed E-state index contributed by atoms with van der Waals surface area (Å²) in [5, 5.41) is 3.25. The van der Waals surface area contributed by atoms with Crippen LogP contribution in [0.15, 0.2) is 51.6 Å². The van der Waals surface area contributed by atoms with Gasteiger partial charge in [0.25, 0.3) is 0 Å². The molecule has 2 atom stereocenters. The van der Waals surface area contributed by atoms with E-state index >= 15 is 0 Å². The molecule has 0 saturated carbocycles. The zero-order valence-electron chi connectivity index (χ0n) is 14.3. The second-order valence-corrected chi connectivity index (χ2v) is 6.51. The summed E-state index contributed by atoms with van der Waals surface area (Å²) in [5.74, 6) is 1.59. The molecule has 0 saturated heterocycles. The molecule has 0 aromatic heterocycles. The first-order chi connectivity index (χ1) is 11.6. The largest absolute Gasteiger partial charge is 0.349 e. The fourth-order valence-electron chi connectivity index (χ4n) is 3.16. The zero-order valence-corrected chi connectivity index (χ0v) is 14.3. The molecule has 0 spiro atoms. The molecule has 5 heteroatoms. The number of aliphatic imine (C=N–C) groups is 2. The maximum absolute atomic E-state index is 5.85. The van der Waals surface area contributed by atoms with Crippen LogP contribution in [0.1, 0.15) is 25.8 Å². The van der Waals surface area contributed by atoms with Gasteiger partial charge in [0.15, 0.2) is 0 Å². The molecule has 118 valence electrons. The van der Waals surface area contributed by atoms with Gasteiger partial charge >= 0.3 is 0 Å². The first-order valence-electron chi connectivity index (χ1n) is 8.42. The Morgan fingerprint density at radius 3 is 2.83 bits per heavy atom. The number of fused-ring (bicyclic) bond motifs is 1. The number of aryl methyl sites for hydroxylation is 1. The van der Waals surface area contributed by atoms with Gasteiger partial charge < -0.3 is 5.32 Å². The topological polar surface area (TPSA) is 36.8 Å². The number of hydrogen-bond donors (Lipinski definition) is 1. The van der Waals surface area contributed by atoms with Crippen molar-refractivity contribution in [3.05, 3.63) is 47.2 Å². The number of benzene rings is 1. The maximum atomic E-state index is 5.85. The lowest BCUT2D eigenvalue weighted by Gasteiger charge is -2.32. The van der Waals surface area contributed by atoms with Crippen LogP contribution in [0.5, 0.6) is 0 Å². The summed E-state index contributed by atoms with van der Waals surface area (Å²) in [6.07, 6.45) is 7.95. The Labute approximate surface area is 146 Å². The van der Waals surface area contributed by atoms with Crippen molar-refractivity contribution in [3.8, 4) is 0 Å². The van der Waals surface area contributed by atoms with Crippen LogP contribution in [0, 0.1) is 11.8 Å². The van der Waals surface area contributed by atoms with Crippen molar-refractivity contribution in [2.24, 2.45) is 21.8 Å². The highest BCUT2D eigenvalue weighted by molar-refractivity contribution is 6.48. The Balaban J connectivity index is 1.63. The van der Waals surface area contributed by atoms with Crippen molar-refractivity contribution in [2.75, 3.05) is 6.54 Å². The fourth-order valence-corrected chi connectivity index (χ4v) is 3.16. The Bertz CT molecular complexity index is 747. The van der Waals surface area contributed by atoms with Crippen LogP contribution in [0.25, 0.3) is 0 Å². The molecule has 1 aliphatic carbocycles. The second kappa shape index (κ2) is 7.25. The molecule has 2 aliphatic rings. The van der Waals surface area contributed by atoms with Crippen LogP contribution in [-0.4, -0.2) is 34.4 Å². The van der Waals surface area contributed by atoms with Gasteiger partial charge in [-0.2, -0.15) is 0 Å². The van der Waals surface area contributed by atoms with Crippen molar-refractivity contribution in [1.29, 1.82) is 0 Å². The summed E-state index contributed by atoms with van der Waals surface area (Å²) in [7, 11) is 11.6. The Morgan fingerprint density at radius 2 is 2.04 bits per heavy atom. The number of allylic oxidation sites excluding steroid dienone is 3. The van der Waals surface area contributed by atoms with E-state index in [1.165, 1.54) is 16.8 Å². The Morgan fingerprint density at radius 1 is 1.21 bits per heavy atom. The molecule has 0 amide bonds. The van der Waals surface area contributed by atoms with Crippen molar-refractivity contribution >= 4 is 38.8 Å². The summed E-state index contributed by atoms with van der Waals surface area (Å²) >= 11 is 0. The lowest BCUT2D eigenvalue weighted by molar-refractivity contribution is 0.545. The van der Waals surface area contributed by atoms with Gasteiger partial charge in [0, 0.05) is 12.2 Å². The first-order valence-corrected chi connectivity index (χ1v) is 8.42. The molecule has 24 heavy (non-hydrogen) atoms. The van der Waals surface area contributed by atoms with E-state index in [1.807, 2.05) is 18.2 Å². The minimum absolute atomic E-state index is 0.243. The molecule has 1 aromatic rings. The van der Waals surface area contributed by atoms with Gasteiger partial charge in [-0.25, -0.2) is 4.99 Å². The third-order valence-corrected chi connectivity index (χ3v) is 4.83. The maximum Gasteiger partial charge on any atom is 0.134 e. The van der Waals surface area contributed by atoms with E-state index in [0.717, 1.165) is 25.2 Å². The van der Waals surface area contributed by atoms with Crippen LogP contribution in [0.3, 0.4) is 0 Å². The van der Waals surface area contributed by atoms with Gasteiger partial charge in [0.1, 0.15) is 21.5 Å². The lowest BCUT2D eigenvalue weighted by atomic mass is 9.79. The van der Waals surface area contributed by atoms with E-state index in [2.05, 4.69) is 36.3 Å². The van der Waals surface area contributed by atoms with Gasteiger partial charge in [0.2, 0.25) is 0 Å². The highest BCUT2D eigenvalue weighted by Gasteiger charge is 2.31. The van der Waals surface area contributed by atoms with Crippen LogP contribution in [-0.2, 0) is 6.42 Å². The molecular formula is C19H21B2N3. The summed E-state index contributed by atoms with van der Waals surface area (Å²) in [6, 6.07) is 5.84. The number of nitrogens with one attached hydrogen (secondary N) is 1. The fraction of sp³-hybridized carbons (Fsp3) is 0.368. The predicted octanol–water partition coefficient (Wildman–Crippen LogP) is 1.33. The smallest absolute Gasteiger partial charge is 0.134 e. The third kappa shape index (κ3) is 3.55. The number of amidine groups is 1. The summed E-state index contributed by atoms with van der Waals surface area (Å²) in [5.41, 5.74) is 5.04. The van der Waals surface area contributed by atoms with E-state index in [-0.39, 0.29) is 5.92 Å². The van der Waals surface area contributed by atoms with E-state index in [9.17, 15) is 0 Å². The first kappa shape index (κ1) is 16.8. The average Bonchev–Trinajstić information content (AvgIpc) is 2.58. The van der Waals surface area contributed by atoms with Crippen molar-refractivity contribution in [1.82, 2.24) is 5.32 Å². The molecule has 1 N–H and O–H groups in total. The van der Waals surface area contributed by atoms with E-state index in [1.54, 1.807) is 6.34 Å². The minimum Gasteiger partial charge on any atom is -0.349 e. The van der Waals surface area contributed by atoms with Gasteiger partial charge in [-0.1, -0.05) is 36.8 Å². The SMILES string of the molecule is [B]c1ccc(CCCN=C2N=CNC3=CC=C(C)C(C)C32)cc1[B]. The summed E-state index contributed by atoms with van der Waals surface area (Å²) in [4.78, 5) is 9.24. The quantitative estimate of drug-likeness (QED) is 0.661. The normalized spacial score (nSPS) is 24.2. The van der Waals surface area contributed by atoms with Gasteiger partial charge in [-0.15, -0.1) is 10.9 Å². The van der Waals surface area contributed by atoms with Gasteiger partial charge in [0.05, 0.1) is 12.3 Å². The van der Waals surface area contributed by atoms with Crippen LogP contribution in [0.4, 0.5) is 0 Å². The molecule has 4 radical (unpaired) electrons. The average molecular weight is 313 g/mol. The van der Waals surface area contributed by atoms with E-state index < -0.39 is 0 Å². The minimum atomic E-state index is 0.243. The Hall–Kier alpha value is -2.03. The number of rotatable bonds is 4. The monoisotopic (exact) mass is 313 g/mol. The van der Waals surface area contributed by atoms with E-state index in [0.29, 0.717) is 16.8 Å². The molecule has 0 bridgehead atoms. The van der Waals surface area contributed by atoms with Crippen LogP contribution in [0.2, 0.25) is 0 Å². The van der Waals surface area contributed by atoms with Crippen molar-refractivity contribution < 1.29 is 0 Å². The third-order valence-electron chi connectivity index (χ3n) is 4.83. The summed E-state index contributed by atoms with van der Waals surface area (Å²) in [6.45, 7) is 5.16. The van der Waals surface area contributed by atoms with Crippen LogP contribution >= 0.6 is 0 Å². The molecule has 0 fully saturated rings. The molecule has 3 rings (SSSR count). The standard InChI is InChI=1S/C19H21B2N3/c1-12-5-8-17-18(13(12)2)19(24-11-23-17)22-9-3-4-14-6-7-15(20)16(21)10-14/h5-8,10-11,13,18H,3-4,9H2,1-2H3,(H,22,23,24). The Kier molecular flexibility index (Phi) is 5.08. The number of nitrogens with zero attached hydrogens (tertiary/aromatic N) is 2. The van der Waals surface area contributed by atoms with E-state index in [4.69, 9.17) is 20.7 Å².